The maximum atomic E-state index is 14.6. The molecule has 0 radical (unpaired) electrons. The highest BCUT2D eigenvalue weighted by molar-refractivity contribution is 6.38. The predicted octanol–water partition coefficient (Wildman–Crippen LogP) is 2.69. The lowest BCUT2D eigenvalue weighted by Crippen LogP contribution is -2.60. The van der Waals surface area contributed by atoms with Crippen molar-refractivity contribution in [3.63, 3.8) is 0 Å². The highest BCUT2D eigenvalue weighted by Gasteiger charge is 2.70. The summed E-state index contributed by atoms with van der Waals surface area (Å²) in [6.45, 7) is 10.8. The smallest absolute Gasteiger partial charge is 0.408 e. The maximum Gasteiger partial charge on any atom is 0.408 e. The molecule has 14 heteroatoms. The molecule has 4 N–H and O–H groups in total. The molecule has 56 heavy (non-hydrogen) atoms. The predicted molar refractivity (Wildman–Crippen MR) is 208 cm³/mol. The Bertz CT molecular complexity index is 1810. The van der Waals surface area contributed by atoms with Crippen LogP contribution in [0.4, 0.5) is 4.79 Å². The van der Waals surface area contributed by atoms with Crippen LogP contribution in [0.3, 0.4) is 0 Å². The lowest BCUT2D eigenvalue weighted by atomic mass is 9.93. The van der Waals surface area contributed by atoms with E-state index in [1.807, 2.05) is 38.1 Å². The van der Waals surface area contributed by atoms with Crippen molar-refractivity contribution in [2.75, 3.05) is 27.2 Å². The molecule has 2 aromatic rings. The number of carbonyl (C=O) groups excluding carboxylic acids is 7. The molecule has 0 bridgehead atoms. The van der Waals surface area contributed by atoms with Crippen LogP contribution in [0, 0.1) is 23.2 Å². The molecule has 0 aromatic heterocycles. The van der Waals surface area contributed by atoms with Gasteiger partial charge < -0.3 is 35.8 Å². The Labute approximate surface area is 328 Å². The summed E-state index contributed by atoms with van der Waals surface area (Å²) in [5.41, 5.74) is 1.68. The van der Waals surface area contributed by atoms with Gasteiger partial charge in [-0.15, -0.1) is 0 Å². The summed E-state index contributed by atoms with van der Waals surface area (Å²) in [7, 11) is 3.12. The van der Waals surface area contributed by atoms with Crippen LogP contribution in [0.5, 0.6) is 0 Å². The highest BCUT2D eigenvalue weighted by atomic mass is 16.6. The molecule has 2 aliphatic carbocycles. The molecule has 0 spiro atoms. The quantitative estimate of drug-likeness (QED) is 0.212. The van der Waals surface area contributed by atoms with Crippen LogP contribution in [0.25, 0.3) is 0 Å². The minimum Gasteiger partial charge on any atom is -0.444 e. The Morgan fingerprint density at radius 1 is 0.893 bits per heavy atom. The Morgan fingerprint density at radius 3 is 2.07 bits per heavy atom. The number of carbonyl (C=O) groups is 7. The molecule has 6 amide bonds. The monoisotopic (exact) mass is 772 g/mol. The van der Waals surface area contributed by atoms with E-state index in [-0.39, 0.29) is 35.5 Å². The van der Waals surface area contributed by atoms with E-state index in [1.165, 1.54) is 9.80 Å². The van der Waals surface area contributed by atoms with Crippen LogP contribution in [-0.4, -0.2) is 102 Å². The first-order valence-corrected chi connectivity index (χ1v) is 19.4. The molecule has 6 atom stereocenters. The number of benzene rings is 2. The lowest BCUT2D eigenvalue weighted by Gasteiger charge is -2.35. The first kappa shape index (κ1) is 41.9. The fourth-order valence-electron chi connectivity index (χ4n) is 8.26. The zero-order valence-corrected chi connectivity index (χ0v) is 33.6. The number of hydrogen-bond donors (Lipinski definition) is 4. The van der Waals surface area contributed by atoms with Gasteiger partial charge in [0.1, 0.15) is 23.7 Å². The summed E-state index contributed by atoms with van der Waals surface area (Å²) in [5, 5.41) is 10.6. The standard InChI is InChI=1S/C42H56N6O8/c1-9-15-29(35(50)37(52)43-22-30(49)45-32(38(53)47(7)8)24-16-11-10-12-17-24)44-36(51)34-31-28(42(31,5)6)23-48(34)39(54)33(46-40(55)56-41(2,3)4)27-20-25-18-13-14-19-26(25)21-27/h10-14,16-19,27-29,31-34H,9,15,20-23H2,1-8H3,(H,43,52)(H,44,51)(H,45,49)(H,46,55)/t28-,29?,31?,32-,33-,34-/m0/s1. The zero-order chi connectivity index (χ0) is 41.1. The fraction of sp³-hybridized carbons (Fsp3) is 0.548. The van der Waals surface area contributed by atoms with Gasteiger partial charge >= 0.3 is 6.09 Å². The van der Waals surface area contributed by atoms with Crippen molar-refractivity contribution >= 4 is 41.4 Å². The van der Waals surface area contributed by atoms with E-state index < -0.39 is 71.8 Å². The van der Waals surface area contributed by atoms with E-state index in [4.69, 9.17) is 4.74 Å². The Hall–Kier alpha value is -5.27. The number of hydrogen-bond acceptors (Lipinski definition) is 8. The number of likely N-dealkylation sites (tertiary alicyclic amines) is 1. The summed E-state index contributed by atoms with van der Waals surface area (Å²) < 4.78 is 5.56. The molecule has 5 rings (SSSR count). The van der Waals surface area contributed by atoms with Crippen LogP contribution < -0.4 is 21.3 Å². The second-order valence-corrected chi connectivity index (χ2v) is 17.0. The van der Waals surface area contributed by atoms with Crippen molar-refractivity contribution in [3.05, 3.63) is 71.3 Å². The summed E-state index contributed by atoms with van der Waals surface area (Å²) in [4.78, 5) is 97.4. The van der Waals surface area contributed by atoms with Crippen molar-refractivity contribution in [1.29, 1.82) is 0 Å². The third-order valence-corrected chi connectivity index (χ3v) is 11.2. The zero-order valence-electron chi connectivity index (χ0n) is 33.6. The van der Waals surface area contributed by atoms with E-state index in [0.717, 1.165) is 11.1 Å². The number of nitrogens with zero attached hydrogens (tertiary/aromatic N) is 2. The molecule has 1 heterocycles. The van der Waals surface area contributed by atoms with E-state index in [1.54, 1.807) is 72.1 Å². The van der Waals surface area contributed by atoms with Gasteiger partial charge in [-0.2, -0.15) is 0 Å². The highest BCUT2D eigenvalue weighted by Crippen LogP contribution is 2.65. The summed E-state index contributed by atoms with van der Waals surface area (Å²) in [5.74, 6) is -4.49. The van der Waals surface area contributed by atoms with Gasteiger partial charge in [-0.25, -0.2) is 4.79 Å². The number of ether oxygens (including phenoxy) is 1. The maximum absolute atomic E-state index is 14.6. The molecular formula is C42H56N6O8. The van der Waals surface area contributed by atoms with Gasteiger partial charge in [0, 0.05) is 20.6 Å². The first-order valence-electron chi connectivity index (χ1n) is 19.4. The number of piperidine rings is 1. The summed E-state index contributed by atoms with van der Waals surface area (Å²) in [6, 6.07) is 12.4. The van der Waals surface area contributed by atoms with Crippen molar-refractivity contribution in [1.82, 2.24) is 31.1 Å². The molecule has 1 aliphatic heterocycles. The first-order chi connectivity index (χ1) is 26.3. The number of alkyl carbamates (subject to hydrolysis) is 1. The second kappa shape index (κ2) is 16.8. The minimum absolute atomic E-state index is 0.0198. The van der Waals surface area contributed by atoms with Crippen LogP contribution in [0.1, 0.15) is 77.1 Å². The third-order valence-electron chi connectivity index (χ3n) is 11.2. The van der Waals surface area contributed by atoms with E-state index in [0.29, 0.717) is 31.4 Å². The molecule has 14 nitrogen and oxygen atoms in total. The molecule has 1 saturated carbocycles. The van der Waals surface area contributed by atoms with Gasteiger partial charge in [0.25, 0.3) is 5.91 Å². The van der Waals surface area contributed by atoms with E-state index in [9.17, 15) is 33.6 Å². The van der Waals surface area contributed by atoms with Crippen LogP contribution in [-0.2, 0) is 46.3 Å². The van der Waals surface area contributed by atoms with Gasteiger partial charge in [0.15, 0.2) is 0 Å². The Kier molecular flexibility index (Phi) is 12.6. The lowest BCUT2D eigenvalue weighted by molar-refractivity contribution is -0.145. The second-order valence-electron chi connectivity index (χ2n) is 17.0. The third kappa shape index (κ3) is 9.39. The Morgan fingerprint density at radius 2 is 1.50 bits per heavy atom. The van der Waals surface area contributed by atoms with Gasteiger partial charge in [0.2, 0.25) is 29.4 Å². The number of amides is 6. The molecule has 302 valence electrons. The van der Waals surface area contributed by atoms with Crippen LogP contribution in [0.2, 0.25) is 0 Å². The summed E-state index contributed by atoms with van der Waals surface area (Å²) >= 11 is 0. The number of nitrogens with one attached hydrogen (secondary N) is 4. The van der Waals surface area contributed by atoms with Crippen molar-refractivity contribution in [2.45, 2.75) is 97.0 Å². The topological polar surface area (TPSA) is 183 Å². The normalized spacial score (nSPS) is 21.0. The number of rotatable bonds is 14. The molecule has 1 saturated heterocycles. The van der Waals surface area contributed by atoms with E-state index in [2.05, 4.69) is 21.3 Å². The number of ketones is 1. The van der Waals surface area contributed by atoms with Crippen molar-refractivity contribution in [3.8, 4) is 0 Å². The van der Waals surface area contributed by atoms with Crippen molar-refractivity contribution < 1.29 is 38.3 Å². The molecule has 2 aromatic carbocycles. The average Bonchev–Trinajstić information content (AvgIpc) is 3.49. The Balaban J connectivity index is 1.29. The number of likely N-dealkylation sites (N-methyl/N-ethyl adjacent to an activating group) is 1. The van der Waals surface area contributed by atoms with Crippen molar-refractivity contribution in [2.24, 2.45) is 23.2 Å². The average molecular weight is 773 g/mol. The molecule has 3 aliphatic rings. The molecule has 2 unspecified atom stereocenters. The van der Waals surface area contributed by atoms with Gasteiger partial charge in [0.05, 0.1) is 12.6 Å². The van der Waals surface area contributed by atoms with Gasteiger partial charge in [-0.3, -0.25) is 28.8 Å². The summed E-state index contributed by atoms with van der Waals surface area (Å²) in [6.07, 6.45) is 0.976. The number of fused-ring (bicyclic) bond motifs is 2. The minimum atomic E-state index is -1.22. The molecular weight excluding hydrogens is 716 g/mol. The van der Waals surface area contributed by atoms with E-state index >= 15 is 0 Å². The fourth-order valence-corrected chi connectivity index (χ4v) is 8.26. The number of Topliss-reactive ketones (excluding diaryl/α,β-unsaturated/α-hetero) is 1. The molecule has 2 fully saturated rings. The SMILES string of the molecule is CCCC(NC(=O)[C@@H]1C2[C@H](CN1C(=O)[C@@H](NC(=O)OC(C)(C)C)C1Cc3ccccc3C1)C2(C)C)C(=O)C(=O)NCC(=O)N[C@H](C(=O)N(C)C)c1ccccc1. The van der Waals surface area contributed by atoms with Crippen LogP contribution in [0.15, 0.2) is 54.6 Å². The van der Waals surface area contributed by atoms with Gasteiger partial charge in [-0.05, 0) is 79.9 Å². The van der Waals surface area contributed by atoms with Gasteiger partial charge in [-0.1, -0.05) is 81.8 Å². The van der Waals surface area contributed by atoms with Crippen LogP contribution >= 0.6 is 0 Å². The largest absolute Gasteiger partial charge is 0.444 e.